The summed E-state index contributed by atoms with van der Waals surface area (Å²) in [6.07, 6.45) is -2.88. The summed E-state index contributed by atoms with van der Waals surface area (Å²) in [6, 6.07) is 1.53. The van der Waals surface area contributed by atoms with E-state index in [-0.39, 0.29) is 33.7 Å². The lowest BCUT2D eigenvalue weighted by molar-refractivity contribution is -0.137. The van der Waals surface area contributed by atoms with Crippen molar-refractivity contribution in [3.63, 3.8) is 0 Å². The zero-order valence-electron chi connectivity index (χ0n) is 11.4. The van der Waals surface area contributed by atoms with E-state index in [1.54, 1.807) is 0 Å². The molecule has 23 heavy (non-hydrogen) atoms. The van der Waals surface area contributed by atoms with E-state index in [2.05, 4.69) is 5.10 Å². The number of nitrogens with zero attached hydrogens (tertiary/aromatic N) is 2. The summed E-state index contributed by atoms with van der Waals surface area (Å²) in [5.41, 5.74) is 0.207. The van der Waals surface area contributed by atoms with E-state index in [1.165, 1.54) is 10.9 Å². The van der Waals surface area contributed by atoms with Gasteiger partial charge in [0.25, 0.3) is 0 Å². The molecule has 0 atom stereocenters. The Morgan fingerprint density at radius 3 is 2.35 bits per heavy atom. The van der Waals surface area contributed by atoms with Crippen LogP contribution in [0, 0.1) is 0 Å². The quantitative estimate of drug-likeness (QED) is 0.753. The van der Waals surface area contributed by atoms with Crippen LogP contribution < -0.4 is 0 Å². The Balaban J connectivity index is 2.09. The fraction of sp³-hybridized carbons (Fsp3) is 0.308. The maximum Gasteiger partial charge on any atom is 0.416 e. The number of hydrogen-bond acceptors (Lipinski definition) is 3. The smallest absolute Gasteiger partial charge is 0.237 e. The van der Waals surface area contributed by atoms with Crippen molar-refractivity contribution in [2.45, 2.75) is 18.3 Å². The molecule has 1 aliphatic heterocycles. The van der Waals surface area contributed by atoms with Crippen LogP contribution in [0.25, 0.3) is 5.69 Å². The summed E-state index contributed by atoms with van der Waals surface area (Å²) in [5, 5.41) is 3.77. The van der Waals surface area contributed by atoms with Crippen molar-refractivity contribution in [3.8, 4) is 5.69 Å². The molecule has 0 fully saturated rings. The minimum absolute atomic E-state index is 0.00844. The van der Waals surface area contributed by atoms with E-state index in [0.29, 0.717) is 11.3 Å². The molecule has 0 N–H and O–H groups in total. The molecule has 1 aromatic heterocycles. The molecule has 3 rings (SSSR count). The fourth-order valence-corrected chi connectivity index (χ4v) is 4.42. The van der Waals surface area contributed by atoms with Crippen LogP contribution in [0.15, 0.2) is 18.3 Å². The number of rotatable bonds is 1. The van der Waals surface area contributed by atoms with Crippen molar-refractivity contribution in [2.75, 3.05) is 5.75 Å². The summed E-state index contributed by atoms with van der Waals surface area (Å²) < 4.78 is 62.7. The molecule has 124 valence electrons. The SMILES string of the molecule is O=S1(=O)CCc2nn(-c3c(Cl)cc(C(F)(F)F)cc3Cl)cc2C1. The number of sulfone groups is 1. The molecule has 0 unspecified atom stereocenters. The third-order valence-corrected chi connectivity index (χ3v) is 5.63. The lowest BCUT2D eigenvalue weighted by atomic mass is 10.2. The van der Waals surface area contributed by atoms with Crippen molar-refractivity contribution >= 4 is 33.0 Å². The van der Waals surface area contributed by atoms with Gasteiger partial charge in [-0.25, -0.2) is 13.1 Å². The van der Waals surface area contributed by atoms with Crippen molar-refractivity contribution in [1.82, 2.24) is 9.78 Å². The van der Waals surface area contributed by atoms with Gasteiger partial charge in [0.15, 0.2) is 9.84 Å². The molecule has 1 aromatic carbocycles. The third-order valence-electron chi connectivity index (χ3n) is 3.48. The highest BCUT2D eigenvalue weighted by Crippen LogP contribution is 2.37. The van der Waals surface area contributed by atoms with Gasteiger partial charge in [0, 0.05) is 18.2 Å². The maximum atomic E-state index is 12.7. The summed E-state index contributed by atoms with van der Waals surface area (Å²) in [5.74, 6) is -0.163. The Morgan fingerprint density at radius 1 is 1.17 bits per heavy atom. The molecule has 0 saturated heterocycles. The van der Waals surface area contributed by atoms with Gasteiger partial charge in [-0.15, -0.1) is 0 Å². The van der Waals surface area contributed by atoms with Gasteiger partial charge in [-0.3, -0.25) is 0 Å². The molecule has 0 bridgehead atoms. The van der Waals surface area contributed by atoms with E-state index >= 15 is 0 Å². The van der Waals surface area contributed by atoms with Crippen molar-refractivity contribution in [3.05, 3.63) is 45.2 Å². The number of alkyl halides is 3. The van der Waals surface area contributed by atoms with Crippen LogP contribution in [0.1, 0.15) is 16.8 Å². The first-order chi connectivity index (χ1) is 10.6. The predicted molar refractivity (Wildman–Crippen MR) is 79.8 cm³/mol. The zero-order chi connectivity index (χ0) is 17.0. The molecule has 0 spiro atoms. The lowest BCUT2D eigenvalue weighted by Gasteiger charge is -2.12. The van der Waals surface area contributed by atoms with Gasteiger partial charge in [-0.2, -0.15) is 18.3 Å². The summed E-state index contributed by atoms with van der Waals surface area (Å²) in [6.45, 7) is 0. The van der Waals surface area contributed by atoms with E-state index in [9.17, 15) is 21.6 Å². The number of hydrogen-bond donors (Lipinski definition) is 0. The Morgan fingerprint density at radius 2 is 1.78 bits per heavy atom. The summed E-state index contributed by atoms with van der Waals surface area (Å²) >= 11 is 11.9. The van der Waals surface area contributed by atoms with Crippen molar-refractivity contribution < 1.29 is 21.6 Å². The first-order valence-electron chi connectivity index (χ1n) is 6.41. The van der Waals surface area contributed by atoms with Crippen LogP contribution in [0.2, 0.25) is 10.0 Å². The molecule has 0 aliphatic carbocycles. The highest BCUT2D eigenvalue weighted by molar-refractivity contribution is 7.90. The minimum Gasteiger partial charge on any atom is -0.237 e. The first kappa shape index (κ1) is 16.6. The number of halogens is 5. The second kappa shape index (κ2) is 5.39. The molecule has 2 heterocycles. The highest BCUT2D eigenvalue weighted by Gasteiger charge is 2.32. The van der Waals surface area contributed by atoms with E-state index in [1.807, 2.05) is 0 Å². The number of aryl methyl sites for hydroxylation is 1. The summed E-state index contributed by atoms with van der Waals surface area (Å²) in [7, 11) is -3.18. The fourth-order valence-electron chi connectivity index (χ4n) is 2.40. The molecule has 10 heteroatoms. The highest BCUT2D eigenvalue weighted by atomic mass is 35.5. The van der Waals surface area contributed by atoms with Gasteiger partial charge in [0.2, 0.25) is 0 Å². The van der Waals surface area contributed by atoms with Gasteiger partial charge in [0.1, 0.15) is 5.69 Å². The molecule has 4 nitrogen and oxygen atoms in total. The Hall–Kier alpha value is -1.25. The zero-order valence-corrected chi connectivity index (χ0v) is 13.7. The summed E-state index contributed by atoms with van der Waals surface area (Å²) in [4.78, 5) is 0. The minimum atomic E-state index is -4.57. The lowest BCUT2D eigenvalue weighted by Crippen LogP contribution is -2.17. The van der Waals surface area contributed by atoms with Crippen LogP contribution in [0.4, 0.5) is 13.2 Å². The monoisotopic (exact) mass is 384 g/mol. The van der Waals surface area contributed by atoms with E-state index in [0.717, 1.165) is 12.1 Å². The second-order valence-electron chi connectivity index (χ2n) is 5.17. The molecule has 0 radical (unpaired) electrons. The Bertz CT molecular complexity index is 868. The Labute approximate surface area is 139 Å². The molecular weight excluding hydrogens is 376 g/mol. The number of fused-ring (bicyclic) bond motifs is 1. The van der Waals surface area contributed by atoms with Gasteiger partial charge < -0.3 is 0 Å². The van der Waals surface area contributed by atoms with Crippen LogP contribution in [0.3, 0.4) is 0 Å². The standard InChI is InChI=1S/C13H9Cl2F3N2O2S/c14-9-3-8(13(16,17)18)4-10(15)12(9)20-5-7-6-23(21,22)2-1-11(7)19-20/h3-5H,1-2,6H2. The number of aromatic nitrogens is 2. The molecule has 2 aromatic rings. The molecular formula is C13H9Cl2F3N2O2S. The predicted octanol–water partition coefficient (Wildman–Crippen LogP) is 3.67. The van der Waals surface area contributed by atoms with Crippen LogP contribution >= 0.6 is 23.2 Å². The van der Waals surface area contributed by atoms with Gasteiger partial charge >= 0.3 is 6.18 Å². The van der Waals surface area contributed by atoms with E-state index < -0.39 is 21.6 Å². The van der Waals surface area contributed by atoms with Crippen LogP contribution in [-0.4, -0.2) is 24.0 Å². The number of benzene rings is 1. The van der Waals surface area contributed by atoms with Gasteiger partial charge in [-0.1, -0.05) is 23.2 Å². The third kappa shape index (κ3) is 3.20. The van der Waals surface area contributed by atoms with Crippen LogP contribution in [-0.2, 0) is 28.2 Å². The van der Waals surface area contributed by atoms with E-state index in [4.69, 9.17) is 23.2 Å². The second-order valence-corrected chi connectivity index (χ2v) is 8.17. The normalized spacial score (nSPS) is 17.1. The molecule has 0 amide bonds. The average Bonchev–Trinajstić information content (AvgIpc) is 2.77. The Kier molecular flexibility index (Phi) is 3.89. The average molecular weight is 385 g/mol. The van der Waals surface area contributed by atoms with Crippen molar-refractivity contribution in [1.29, 1.82) is 0 Å². The first-order valence-corrected chi connectivity index (χ1v) is 8.99. The largest absolute Gasteiger partial charge is 0.416 e. The van der Waals surface area contributed by atoms with Gasteiger partial charge in [-0.05, 0) is 12.1 Å². The molecule has 1 aliphatic rings. The maximum absolute atomic E-state index is 12.7. The topological polar surface area (TPSA) is 52.0 Å². The molecule has 0 saturated carbocycles. The van der Waals surface area contributed by atoms with Gasteiger partial charge in [0.05, 0.1) is 32.8 Å². The van der Waals surface area contributed by atoms with Crippen molar-refractivity contribution in [2.24, 2.45) is 0 Å². The van der Waals surface area contributed by atoms with Crippen LogP contribution in [0.5, 0.6) is 0 Å².